The molecular formula is C17H15ClF3NO. The maximum absolute atomic E-state index is 13.4. The van der Waals surface area contributed by atoms with Crippen molar-refractivity contribution in [3.05, 3.63) is 70.3 Å². The van der Waals surface area contributed by atoms with Gasteiger partial charge in [0.05, 0.1) is 0 Å². The van der Waals surface area contributed by atoms with Crippen molar-refractivity contribution in [1.29, 1.82) is 0 Å². The minimum atomic E-state index is -4.88. The van der Waals surface area contributed by atoms with Gasteiger partial charge in [-0.15, -0.1) is 0 Å². The smallest absolute Gasteiger partial charge is 0.399 e. The molecule has 23 heavy (non-hydrogen) atoms. The molecule has 2 aromatic carbocycles. The number of benzene rings is 2. The quantitative estimate of drug-likeness (QED) is 0.795. The second-order valence-electron chi connectivity index (χ2n) is 5.22. The molecule has 0 radical (unpaired) electrons. The molecule has 0 spiro atoms. The van der Waals surface area contributed by atoms with Crippen molar-refractivity contribution in [1.82, 2.24) is 0 Å². The fourth-order valence-electron chi connectivity index (χ4n) is 2.06. The summed E-state index contributed by atoms with van der Waals surface area (Å²) in [6.45, 7) is 1.58. The summed E-state index contributed by atoms with van der Waals surface area (Å²) in [5.74, 6) is 0. The zero-order chi connectivity index (χ0) is 17.3. The van der Waals surface area contributed by atoms with Gasteiger partial charge in [-0.05, 0) is 47.9 Å². The predicted molar refractivity (Wildman–Crippen MR) is 86.0 cm³/mol. The summed E-state index contributed by atoms with van der Waals surface area (Å²) in [6, 6.07) is 9.98. The van der Waals surface area contributed by atoms with E-state index in [1.807, 2.05) is 0 Å². The van der Waals surface area contributed by atoms with E-state index in [1.54, 1.807) is 31.2 Å². The molecule has 6 heteroatoms. The molecule has 2 rings (SSSR count). The predicted octanol–water partition coefficient (Wildman–Crippen LogP) is 4.69. The van der Waals surface area contributed by atoms with Crippen molar-refractivity contribution in [2.45, 2.75) is 18.7 Å². The van der Waals surface area contributed by atoms with Gasteiger partial charge in [0.25, 0.3) is 0 Å². The number of halogens is 4. The first-order valence-electron chi connectivity index (χ1n) is 6.74. The number of anilines is 1. The minimum absolute atomic E-state index is 0.290. The minimum Gasteiger partial charge on any atom is -0.399 e. The van der Waals surface area contributed by atoms with Gasteiger partial charge in [0, 0.05) is 10.7 Å². The summed E-state index contributed by atoms with van der Waals surface area (Å²) >= 11 is 5.74. The maximum Gasteiger partial charge on any atom is 0.425 e. The molecule has 122 valence electrons. The second kappa shape index (κ2) is 6.26. The average molecular weight is 342 g/mol. The van der Waals surface area contributed by atoms with E-state index >= 15 is 0 Å². The highest BCUT2D eigenvalue weighted by atomic mass is 35.5. The molecule has 1 atom stereocenters. The number of alkyl halides is 3. The van der Waals surface area contributed by atoms with Crippen LogP contribution in [0.15, 0.2) is 48.5 Å². The van der Waals surface area contributed by atoms with Crippen LogP contribution in [0.4, 0.5) is 18.9 Å². The summed E-state index contributed by atoms with van der Waals surface area (Å²) < 4.78 is 40.3. The highest BCUT2D eigenvalue weighted by Crippen LogP contribution is 2.41. The van der Waals surface area contributed by atoms with E-state index < -0.39 is 11.8 Å². The van der Waals surface area contributed by atoms with Gasteiger partial charge in [-0.2, -0.15) is 13.2 Å². The standard InChI is InChI=1S/C17H15ClF3NO/c1-11-10-13(4-7-15(11)22)16(23,17(19,20)21)9-8-12-2-5-14(18)6-3-12/h2-10,23H,22H2,1H3/b9-8+. The van der Waals surface area contributed by atoms with Gasteiger partial charge in [0.15, 0.2) is 0 Å². The Labute approximate surface area is 137 Å². The van der Waals surface area contributed by atoms with Crippen molar-refractivity contribution in [3.63, 3.8) is 0 Å². The summed E-state index contributed by atoms with van der Waals surface area (Å²) in [5.41, 5.74) is 3.55. The van der Waals surface area contributed by atoms with Crippen LogP contribution in [0.2, 0.25) is 5.02 Å². The Morgan fingerprint density at radius 1 is 1.09 bits per heavy atom. The van der Waals surface area contributed by atoms with Crippen molar-refractivity contribution in [3.8, 4) is 0 Å². The lowest BCUT2D eigenvalue weighted by atomic mass is 9.90. The lowest BCUT2D eigenvalue weighted by Crippen LogP contribution is -2.40. The van der Waals surface area contributed by atoms with E-state index in [9.17, 15) is 18.3 Å². The first-order chi connectivity index (χ1) is 10.6. The third-order valence-corrected chi connectivity index (χ3v) is 3.78. The van der Waals surface area contributed by atoms with E-state index in [4.69, 9.17) is 17.3 Å². The summed E-state index contributed by atoms with van der Waals surface area (Å²) in [6.07, 6.45) is -2.95. The number of nitrogen functional groups attached to an aromatic ring is 1. The SMILES string of the molecule is Cc1cc(C(O)(/C=C/c2ccc(Cl)cc2)C(F)(F)F)ccc1N. The highest BCUT2D eigenvalue weighted by Gasteiger charge is 2.53. The fraction of sp³-hybridized carbons (Fsp3) is 0.176. The normalized spacial score (nSPS) is 14.9. The Balaban J connectivity index is 2.47. The number of hydrogen-bond donors (Lipinski definition) is 2. The molecule has 0 aromatic heterocycles. The molecule has 2 aromatic rings. The van der Waals surface area contributed by atoms with Crippen molar-refractivity contribution in [2.75, 3.05) is 5.73 Å². The largest absolute Gasteiger partial charge is 0.425 e. The molecule has 0 fully saturated rings. The lowest BCUT2D eigenvalue weighted by Gasteiger charge is -2.28. The molecule has 0 saturated carbocycles. The van der Waals surface area contributed by atoms with Crippen LogP contribution in [0.25, 0.3) is 6.08 Å². The molecule has 0 amide bonds. The maximum atomic E-state index is 13.4. The summed E-state index contributed by atoms with van der Waals surface area (Å²) in [5, 5.41) is 10.7. The van der Waals surface area contributed by atoms with Crippen LogP contribution in [0.5, 0.6) is 0 Å². The molecule has 0 aliphatic carbocycles. The Morgan fingerprint density at radius 3 is 2.22 bits per heavy atom. The third-order valence-electron chi connectivity index (χ3n) is 3.53. The zero-order valence-corrected chi connectivity index (χ0v) is 13.0. The number of aliphatic hydroxyl groups is 1. The van der Waals surface area contributed by atoms with Gasteiger partial charge >= 0.3 is 6.18 Å². The van der Waals surface area contributed by atoms with E-state index in [0.29, 0.717) is 21.8 Å². The van der Waals surface area contributed by atoms with Gasteiger partial charge in [-0.25, -0.2) is 0 Å². The van der Waals surface area contributed by atoms with E-state index in [1.165, 1.54) is 24.3 Å². The highest BCUT2D eigenvalue weighted by molar-refractivity contribution is 6.30. The van der Waals surface area contributed by atoms with Crippen molar-refractivity contribution in [2.24, 2.45) is 0 Å². The lowest BCUT2D eigenvalue weighted by molar-refractivity contribution is -0.244. The van der Waals surface area contributed by atoms with Gasteiger partial charge in [-0.1, -0.05) is 41.9 Å². The Hall–Kier alpha value is -1.98. The number of hydrogen-bond acceptors (Lipinski definition) is 2. The van der Waals surface area contributed by atoms with Crippen molar-refractivity contribution >= 4 is 23.4 Å². The third kappa shape index (κ3) is 3.68. The van der Waals surface area contributed by atoms with Gasteiger partial charge in [0.1, 0.15) is 0 Å². The van der Waals surface area contributed by atoms with Crippen LogP contribution in [0, 0.1) is 6.92 Å². The molecule has 1 unspecified atom stereocenters. The Kier molecular flexibility index (Phi) is 4.73. The van der Waals surface area contributed by atoms with Crippen LogP contribution in [-0.4, -0.2) is 11.3 Å². The van der Waals surface area contributed by atoms with Gasteiger partial charge in [-0.3, -0.25) is 0 Å². The molecule has 0 heterocycles. The van der Waals surface area contributed by atoms with Gasteiger partial charge < -0.3 is 10.8 Å². The van der Waals surface area contributed by atoms with E-state index in [0.717, 1.165) is 6.08 Å². The van der Waals surface area contributed by atoms with Crippen LogP contribution in [0.3, 0.4) is 0 Å². The molecule has 0 aliphatic heterocycles. The molecule has 0 aliphatic rings. The second-order valence-corrected chi connectivity index (χ2v) is 5.66. The first kappa shape index (κ1) is 17.4. The molecular weight excluding hydrogens is 327 g/mol. The van der Waals surface area contributed by atoms with E-state index in [-0.39, 0.29) is 5.56 Å². The van der Waals surface area contributed by atoms with Gasteiger partial charge in [0.2, 0.25) is 5.60 Å². The monoisotopic (exact) mass is 341 g/mol. The molecule has 0 saturated heterocycles. The number of nitrogens with two attached hydrogens (primary N) is 1. The molecule has 0 bridgehead atoms. The number of rotatable bonds is 3. The Bertz CT molecular complexity index is 726. The first-order valence-corrected chi connectivity index (χ1v) is 7.12. The molecule has 2 nitrogen and oxygen atoms in total. The van der Waals surface area contributed by atoms with Crippen molar-refractivity contribution < 1.29 is 18.3 Å². The van der Waals surface area contributed by atoms with E-state index in [2.05, 4.69) is 0 Å². The number of aryl methyl sites for hydroxylation is 1. The van der Waals surface area contributed by atoms with Crippen LogP contribution in [0.1, 0.15) is 16.7 Å². The summed E-state index contributed by atoms with van der Waals surface area (Å²) in [4.78, 5) is 0. The van der Waals surface area contributed by atoms with Crippen LogP contribution in [-0.2, 0) is 5.60 Å². The van der Waals surface area contributed by atoms with Crippen LogP contribution < -0.4 is 5.73 Å². The molecule has 3 N–H and O–H groups in total. The average Bonchev–Trinajstić information content (AvgIpc) is 2.48. The Morgan fingerprint density at radius 2 is 1.70 bits per heavy atom. The van der Waals surface area contributed by atoms with Crippen LogP contribution >= 0.6 is 11.6 Å². The zero-order valence-electron chi connectivity index (χ0n) is 12.2. The fourth-order valence-corrected chi connectivity index (χ4v) is 2.18. The summed E-state index contributed by atoms with van der Waals surface area (Å²) in [7, 11) is 0. The topological polar surface area (TPSA) is 46.2 Å².